The molecule has 0 bridgehead atoms. The van der Waals surface area contributed by atoms with Crippen LogP contribution in [0.15, 0.2) is 72.8 Å². The number of ketones is 1. The van der Waals surface area contributed by atoms with Gasteiger partial charge in [-0.3, -0.25) is 4.79 Å². The van der Waals surface area contributed by atoms with E-state index in [1.165, 1.54) is 11.1 Å². The van der Waals surface area contributed by atoms with Gasteiger partial charge in [0.05, 0.1) is 16.1 Å². The zero-order chi connectivity index (χ0) is 18.6. The Kier molecular flexibility index (Phi) is 5.12. The molecule has 0 atom stereocenters. The summed E-state index contributed by atoms with van der Waals surface area (Å²) in [6.45, 7) is 2.04. The van der Waals surface area contributed by atoms with Gasteiger partial charge in [0, 0.05) is 23.1 Å². The molecular weight excluding hydrogens is 350 g/mol. The number of hydrogen-bond acceptors (Lipinski definition) is 3. The van der Waals surface area contributed by atoms with Gasteiger partial charge in [-0.05, 0) is 41.8 Å². The van der Waals surface area contributed by atoms with Crippen LogP contribution < -0.4 is 0 Å². The van der Waals surface area contributed by atoms with Crippen molar-refractivity contribution < 1.29 is 4.79 Å². The van der Waals surface area contributed by atoms with Gasteiger partial charge in [-0.15, -0.1) is 11.3 Å². The Balaban J connectivity index is 1.77. The first kappa shape index (κ1) is 17.6. The van der Waals surface area contributed by atoms with Gasteiger partial charge in [0.25, 0.3) is 0 Å². The van der Waals surface area contributed by atoms with E-state index in [1.54, 1.807) is 11.3 Å². The molecule has 2 aromatic heterocycles. The van der Waals surface area contributed by atoms with Crippen molar-refractivity contribution in [2.75, 3.05) is 0 Å². The smallest absolute Gasteiger partial charge is 0.138 e. The lowest BCUT2D eigenvalue weighted by atomic mass is 10.00. The number of rotatable bonds is 6. The SMILES string of the molecule is CCCC(=O)Cc1ccc(-c2cc(-c3ccccc3)c3ccccc3n2)s1. The minimum absolute atomic E-state index is 0.308. The number of nitrogens with zero attached hydrogens (tertiary/aromatic N) is 1. The summed E-state index contributed by atoms with van der Waals surface area (Å²) in [5.41, 5.74) is 4.33. The van der Waals surface area contributed by atoms with E-state index in [0.717, 1.165) is 32.8 Å². The topological polar surface area (TPSA) is 30.0 Å². The summed E-state index contributed by atoms with van der Waals surface area (Å²) >= 11 is 1.67. The highest BCUT2D eigenvalue weighted by Crippen LogP contribution is 2.34. The molecule has 0 fully saturated rings. The molecule has 134 valence electrons. The van der Waals surface area contributed by atoms with Crippen LogP contribution in [0.25, 0.3) is 32.6 Å². The zero-order valence-corrected chi connectivity index (χ0v) is 16.1. The molecule has 4 rings (SSSR count). The van der Waals surface area contributed by atoms with Crippen molar-refractivity contribution in [3.63, 3.8) is 0 Å². The quantitative estimate of drug-likeness (QED) is 0.385. The van der Waals surface area contributed by atoms with Gasteiger partial charge >= 0.3 is 0 Å². The normalized spacial score (nSPS) is 11.0. The van der Waals surface area contributed by atoms with Crippen molar-refractivity contribution in [2.24, 2.45) is 0 Å². The molecule has 0 aliphatic rings. The third-order valence-electron chi connectivity index (χ3n) is 4.62. The Labute approximate surface area is 163 Å². The van der Waals surface area contributed by atoms with E-state index in [1.807, 2.05) is 19.1 Å². The molecule has 2 aromatic carbocycles. The third kappa shape index (κ3) is 3.83. The molecule has 0 spiro atoms. The van der Waals surface area contributed by atoms with Crippen LogP contribution in [0.5, 0.6) is 0 Å². The molecule has 0 aliphatic heterocycles. The third-order valence-corrected chi connectivity index (χ3v) is 5.72. The first-order valence-corrected chi connectivity index (χ1v) is 10.1. The van der Waals surface area contributed by atoms with Crippen LogP contribution in [0.3, 0.4) is 0 Å². The highest BCUT2D eigenvalue weighted by Gasteiger charge is 2.12. The summed E-state index contributed by atoms with van der Waals surface area (Å²) in [7, 11) is 0. The van der Waals surface area contributed by atoms with E-state index in [2.05, 4.69) is 60.7 Å². The Bertz CT molecular complexity index is 1080. The number of carbonyl (C=O) groups excluding carboxylic acids is 1. The van der Waals surface area contributed by atoms with E-state index in [4.69, 9.17) is 4.98 Å². The van der Waals surface area contributed by atoms with Gasteiger partial charge in [0.15, 0.2) is 0 Å². The molecule has 0 N–H and O–H groups in total. The van der Waals surface area contributed by atoms with Crippen LogP contribution in [0, 0.1) is 0 Å². The number of para-hydroxylation sites is 1. The first-order valence-electron chi connectivity index (χ1n) is 9.30. The van der Waals surface area contributed by atoms with Gasteiger partial charge < -0.3 is 0 Å². The van der Waals surface area contributed by atoms with Crippen molar-refractivity contribution >= 4 is 28.0 Å². The molecule has 0 unspecified atom stereocenters. The molecule has 3 heteroatoms. The number of hydrogen-bond donors (Lipinski definition) is 0. The molecule has 27 heavy (non-hydrogen) atoms. The van der Waals surface area contributed by atoms with Gasteiger partial charge in [0.2, 0.25) is 0 Å². The van der Waals surface area contributed by atoms with E-state index in [9.17, 15) is 4.79 Å². The highest BCUT2D eigenvalue weighted by atomic mass is 32.1. The number of Topliss-reactive ketones (excluding diaryl/α,β-unsaturated/α-hetero) is 1. The van der Waals surface area contributed by atoms with Crippen LogP contribution in [-0.2, 0) is 11.2 Å². The Morgan fingerprint density at radius 1 is 0.963 bits per heavy atom. The van der Waals surface area contributed by atoms with Gasteiger partial charge in [-0.1, -0.05) is 55.5 Å². The predicted molar refractivity (Wildman–Crippen MR) is 114 cm³/mol. The average molecular weight is 372 g/mol. The lowest BCUT2D eigenvalue weighted by Crippen LogP contribution is -1.99. The average Bonchev–Trinajstić information content (AvgIpc) is 3.16. The fourth-order valence-corrected chi connectivity index (χ4v) is 4.33. The Morgan fingerprint density at radius 2 is 1.74 bits per heavy atom. The van der Waals surface area contributed by atoms with Crippen molar-refractivity contribution in [2.45, 2.75) is 26.2 Å². The van der Waals surface area contributed by atoms with Gasteiger partial charge in [-0.2, -0.15) is 0 Å². The predicted octanol–water partition coefficient (Wildman–Crippen LogP) is 6.54. The van der Waals surface area contributed by atoms with Crippen LogP contribution in [0.1, 0.15) is 24.6 Å². The maximum Gasteiger partial charge on any atom is 0.138 e. The molecular formula is C24H21NOS. The second kappa shape index (κ2) is 7.85. The van der Waals surface area contributed by atoms with Crippen LogP contribution in [0.4, 0.5) is 0 Å². The standard InChI is InChI=1S/C24H21NOS/c1-2-8-18(26)15-19-13-14-24(27-19)23-16-21(17-9-4-3-5-10-17)20-11-6-7-12-22(20)25-23/h3-7,9-14,16H,2,8,15H2,1H3. The van der Waals surface area contributed by atoms with Crippen LogP contribution in [0.2, 0.25) is 0 Å². The van der Waals surface area contributed by atoms with Crippen LogP contribution >= 0.6 is 11.3 Å². The van der Waals surface area contributed by atoms with E-state index in [-0.39, 0.29) is 0 Å². The number of aromatic nitrogens is 1. The molecule has 0 saturated heterocycles. The summed E-state index contributed by atoms with van der Waals surface area (Å²) in [6.07, 6.45) is 2.08. The molecule has 2 nitrogen and oxygen atoms in total. The van der Waals surface area contributed by atoms with Crippen molar-refractivity contribution in [3.05, 3.63) is 77.7 Å². The number of carbonyl (C=O) groups is 1. The van der Waals surface area contributed by atoms with Crippen molar-refractivity contribution in [3.8, 4) is 21.7 Å². The maximum atomic E-state index is 12.0. The summed E-state index contributed by atoms with van der Waals surface area (Å²) in [5.74, 6) is 0.308. The molecule has 4 aromatic rings. The number of thiophene rings is 1. The minimum atomic E-state index is 0.308. The second-order valence-corrected chi connectivity index (χ2v) is 7.84. The summed E-state index contributed by atoms with van der Waals surface area (Å²) < 4.78 is 0. The number of benzene rings is 2. The lowest BCUT2D eigenvalue weighted by molar-refractivity contribution is -0.118. The monoisotopic (exact) mass is 371 g/mol. The summed E-state index contributed by atoms with van der Waals surface area (Å²) in [4.78, 5) is 19.1. The Morgan fingerprint density at radius 3 is 2.56 bits per heavy atom. The second-order valence-electron chi connectivity index (χ2n) is 6.67. The maximum absolute atomic E-state index is 12.0. The number of pyridine rings is 1. The first-order chi connectivity index (χ1) is 13.2. The number of fused-ring (bicyclic) bond motifs is 1. The van der Waals surface area contributed by atoms with Crippen molar-refractivity contribution in [1.29, 1.82) is 0 Å². The van der Waals surface area contributed by atoms with E-state index in [0.29, 0.717) is 18.6 Å². The zero-order valence-electron chi connectivity index (χ0n) is 15.3. The summed E-state index contributed by atoms with van der Waals surface area (Å²) in [6, 6.07) is 25.0. The van der Waals surface area contributed by atoms with Crippen LogP contribution in [-0.4, -0.2) is 10.8 Å². The van der Waals surface area contributed by atoms with Crippen molar-refractivity contribution in [1.82, 2.24) is 4.98 Å². The minimum Gasteiger partial charge on any atom is -0.299 e. The fraction of sp³-hybridized carbons (Fsp3) is 0.167. The molecule has 0 aliphatic carbocycles. The van der Waals surface area contributed by atoms with E-state index < -0.39 is 0 Å². The largest absolute Gasteiger partial charge is 0.299 e. The van der Waals surface area contributed by atoms with Gasteiger partial charge in [-0.25, -0.2) is 4.98 Å². The molecule has 0 saturated carbocycles. The lowest BCUT2D eigenvalue weighted by Gasteiger charge is -2.09. The van der Waals surface area contributed by atoms with Gasteiger partial charge in [0.1, 0.15) is 5.78 Å². The Hall–Kier alpha value is -2.78. The van der Waals surface area contributed by atoms with E-state index >= 15 is 0 Å². The summed E-state index contributed by atoms with van der Waals surface area (Å²) in [5, 5.41) is 1.15. The molecule has 0 radical (unpaired) electrons. The molecule has 2 heterocycles. The highest BCUT2D eigenvalue weighted by molar-refractivity contribution is 7.15. The fourth-order valence-electron chi connectivity index (χ4n) is 3.33. The molecule has 0 amide bonds.